The average molecular weight is 174 g/mol. The van der Waals surface area contributed by atoms with Crippen LogP contribution in [0.5, 0.6) is 0 Å². The van der Waals surface area contributed by atoms with Crippen molar-refractivity contribution in [1.29, 1.82) is 0 Å². The van der Waals surface area contributed by atoms with E-state index in [0.717, 1.165) is 6.42 Å². The number of rotatable bonds is 2. The van der Waals surface area contributed by atoms with Gasteiger partial charge >= 0.3 is 8.80 Å². The second-order valence-electron chi connectivity index (χ2n) is 2.58. The summed E-state index contributed by atoms with van der Waals surface area (Å²) < 4.78 is 16.1. The van der Waals surface area contributed by atoms with Gasteiger partial charge in [-0.3, -0.25) is 0 Å². The Kier molecular flexibility index (Phi) is 2.83. The zero-order valence-corrected chi connectivity index (χ0v) is 8.00. The molecule has 1 aliphatic heterocycles. The van der Waals surface area contributed by atoms with Crippen LogP contribution in [0.4, 0.5) is 0 Å². The molecule has 1 rings (SSSR count). The third-order valence-electron chi connectivity index (χ3n) is 1.73. The Morgan fingerprint density at radius 3 is 2.82 bits per heavy atom. The Morgan fingerprint density at radius 2 is 2.45 bits per heavy atom. The van der Waals surface area contributed by atoms with Crippen LogP contribution in [0.3, 0.4) is 0 Å². The molecule has 0 radical (unpaired) electrons. The van der Waals surface area contributed by atoms with Crippen LogP contribution in [-0.2, 0) is 13.3 Å². The van der Waals surface area contributed by atoms with Crippen LogP contribution in [0.15, 0.2) is 12.3 Å². The maximum absolute atomic E-state index is 5.55. The topological polar surface area (TPSA) is 27.7 Å². The predicted molar refractivity (Wildman–Crippen MR) is 44.1 cm³/mol. The summed E-state index contributed by atoms with van der Waals surface area (Å²) in [5.41, 5.74) is 1.67. The van der Waals surface area contributed by atoms with Gasteiger partial charge < -0.3 is 13.3 Å². The van der Waals surface area contributed by atoms with Crippen LogP contribution in [-0.4, -0.2) is 28.6 Å². The van der Waals surface area contributed by atoms with Gasteiger partial charge in [-0.05, 0) is 19.0 Å². The number of hydrogen-bond acceptors (Lipinski definition) is 3. The molecule has 3 nitrogen and oxygen atoms in total. The quantitative estimate of drug-likeness (QED) is 0.587. The summed E-state index contributed by atoms with van der Waals surface area (Å²) in [7, 11) is -0.827. The summed E-state index contributed by atoms with van der Waals surface area (Å²) >= 11 is 0. The van der Waals surface area contributed by atoms with E-state index in [1.165, 1.54) is 0 Å². The first-order valence-corrected chi connectivity index (χ1v) is 5.53. The lowest BCUT2D eigenvalue weighted by molar-refractivity contribution is 0.00733. The van der Waals surface area contributed by atoms with Crippen molar-refractivity contribution in [2.45, 2.75) is 19.4 Å². The Balaban J connectivity index is 2.59. The van der Waals surface area contributed by atoms with Crippen LogP contribution in [0, 0.1) is 0 Å². The Hall–Kier alpha value is -0.163. The highest BCUT2D eigenvalue weighted by Crippen LogP contribution is 2.19. The van der Waals surface area contributed by atoms with E-state index < -0.39 is 8.80 Å². The van der Waals surface area contributed by atoms with Gasteiger partial charge in [0.2, 0.25) is 0 Å². The molecule has 0 aliphatic carbocycles. The maximum Gasteiger partial charge on any atom is 0.528 e. The van der Waals surface area contributed by atoms with Crippen molar-refractivity contribution in [2.24, 2.45) is 0 Å². The van der Waals surface area contributed by atoms with Gasteiger partial charge in [-0.2, -0.15) is 0 Å². The van der Waals surface area contributed by atoms with E-state index >= 15 is 0 Å². The lowest BCUT2D eigenvalue weighted by Crippen LogP contribution is -2.49. The van der Waals surface area contributed by atoms with Crippen LogP contribution >= 0.6 is 0 Å². The van der Waals surface area contributed by atoms with E-state index in [4.69, 9.17) is 13.3 Å². The zero-order valence-electron chi connectivity index (χ0n) is 7.00. The average Bonchev–Trinajstić information content (AvgIpc) is 2.04. The molecule has 0 bridgehead atoms. The minimum Gasteiger partial charge on any atom is -0.374 e. The molecule has 0 spiro atoms. The SMILES string of the molecule is C=C[Si]1(OC)OCCC(C)O1. The monoisotopic (exact) mass is 174 g/mol. The van der Waals surface area contributed by atoms with Crippen LogP contribution in [0.1, 0.15) is 13.3 Å². The van der Waals surface area contributed by atoms with Crippen molar-refractivity contribution in [3.05, 3.63) is 12.3 Å². The highest BCUT2D eigenvalue weighted by atomic mass is 28.4. The van der Waals surface area contributed by atoms with Crippen molar-refractivity contribution in [3.8, 4) is 0 Å². The summed E-state index contributed by atoms with van der Waals surface area (Å²) in [6.07, 6.45) is 1.17. The lowest BCUT2D eigenvalue weighted by Gasteiger charge is -2.32. The molecule has 0 aromatic rings. The third-order valence-corrected chi connectivity index (χ3v) is 4.13. The molecule has 4 heteroatoms. The molecule has 0 amide bonds. The maximum atomic E-state index is 5.55. The highest BCUT2D eigenvalue weighted by Gasteiger charge is 2.41. The fourth-order valence-electron chi connectivity index (χ4n) is 1.04. The summed E-state index contributed by atoms with van der Waals surface area (Å²) in [5.74, 6) is 0. The molecule has 0 N–H and O–H groups in total. The second-order valence-corrected chi connectivity index (χ2v) is 5.13. The van der Waals surface area contributed by atoms with E-state index in [1.54, 1.807) is 12.8 Å². The third kappa shape index (κ3) is 1.90. The van der Waals surface area contributed by atoms with E-state index in [0.29, 0.717) is 6.61 Å². The van der Waals surface area contributed by atoms with Crippen molar-refractivity contribution >= 4 is 8.80 Å². The summed E-state index contributed by atoms with van der Waals surface area (Å²) in [4.78, 5) is 0. The summed E-state index contributed by atoms with van der Waals surface area (Å²) in [6.45, 7) is 6.38. The van der Waals surface area contributed by atoms with Gasteiger partial charge in [0, 0.05) is 19.8 Å². The number of hydrogen-bond donors (Lipinski definition) is 0. The predicted octanol–water partition coefficient (Wildman–Crippen LogP) is 1.12. The van der Waals surface area contributed by atoms with Gasteiger partial charge in [0.1, 0.15) is 0 Å². The van der Waals surface area contributed by atoms with Gasteiger partial charge in [0.25, 0.3) is 0 Å². The van der Waals surface area contributed by atoms with Gasteiger partial charge in [-0.25, -0.2) is 0 Å². The molecule has 0 aromatic carbocycles. The van der Waals surface area contributed by atoms with Crippen molar-refractivity contribution in [1.82, 2.24) is 0 Å². The minimum atomic E-state index is -2.43. The largest absolute Gasteiger partial charge is 0.528 e. The summed E-state index contributed by atoms with van der Waals surface area (Å²) in [5, 5.41) is 0. The van der Waals surface area contributed by atoms with E-state index in [1.807, 2.05) is 6.92 Å². The first-order chi connectivity index (χ1) is 5.22. The molecule has 1 heterocycles. The standard InChI is InChI=1S/C7H14O3Si/c1-4-11(8-3)9-6-5-7(2)10-11/h4,7H,1,5-6H2,2-3H3. The van der Waals surface area contributed by atoms with E-state index in [9.17, 15) is 0 Å². The molecule has 64 valence electrons. The van der Waals surface area contributed by atoms with Gasteiger partial charge in [-0.15, -0.1) is 0 Å². The summed E-state index contributed by atoms with van der Waals surface area (Å²) in [6, 6.07) is 0. The Morgan fingerprint density at radius 1 is 1.73 bits per heavy atom. The van der Waals surface area contributed by atoms with Crippen molar-refractivity contribution in [3.63, 3.8) is 0 Å². The molecule has 1 fully saturated rings. The first-order valence-electron chi connectivity index (χ1n) is 3.73. The molecular weight excluding hydrogens is 160 g/mol. The lowest BCUT2D eigenvalue weighted by atomic mass is 10.3. The van der Waals surface area contributed by atoms with Crippen LogP contribution in [0.25, 0.3) is 0 Å². The molecule has 2 unspecified atom stereocenters. The van der Waals surface area contributed by atoms with E-state index in [2.05, 4.69) is 6.58 Å². The van der Waals surface area contributed by atoms with Gasteiger partial charge in [0.05, 0.1) is 0 Å². The van der Waals surface area contributed by atoms with Crippen LogP contribution < -0.4 is 0 Å². The van der Waals surface area contributed by atoms with Crippen LogP contribution in [0.2, 0.25) is 0 Å². The molecule has 0 saturated carbocycles. The van der Waals surface area contributed by atoms with Gasteiger partial charge in [-0.1, -0.05) is 6.58 Å². The smallest absolute Gasteiger partial charge is 0.374 e. The van der Waals surface area contributed by atoms with E-state index in [-0.39, 0.29) is 6.10 Å². The van der Waals surface area contributed by atoms with Gasteiger partial charge in [0.15, 0.2) is 0 Å². The van der Waals surface area contributed by atoms with Crippen molar-refractivity contribution < 1.29 is 13.3 Å². The Bertz CT molecular complexity index is 151. The second kappa shape index (κ2) is 3.49. The minimum absolute atomic E-state index is 0.230. The normalized spacial score (nSPS) is 38.5. The fourth-order valence-corrected chi connectivity index (χ4v) is 2.78. The highest BCUT2D eigenvalue weighted by molar-refractivity contribution is 6.66. The Labute approximate surface area is 68.3 Å². The zero-order chi connectivity index (χ0) is 8.32. The molecule has 2 atom stereocenters. The fraction of sp³-hybridized carbons (Fsp3) is 0.714. The molecule has 11 heavy (non-hydrogen) atoms. The molecular formula is C7H14O3Si. The molecule has 0 aromatic heterocycles. The molecule has 1 saturated heterocycles. The first kappa shape index (κ1) is 8.93. The molecule has 1 aliphatic rings. The van der Waals surface area contributed by atoms with Crippen molar-refractivity contribution in [2.75, 3.05) is 13.7 Å².